The van der Waals surface area contributed by atoms with E-state index >= 15 is 0 Å². The maximum atomic E-state index is 10.6. The number of aldehydes is 1. The molecule has 12 heavy (non-hydrogen) atoms. The molecule has 0 amide bonds. The van der Waals surface area contributed by atoms with Gasteiger partial charge in [-0.05, 0) is 39.5 Å². The number of halogens is 1. The molecule has 60 valence electrons. The van der Waals surface area contributed by atoms with Crippen LogP contribution in [0.25, 0.3) is 10.1 Å². The van der Waals surface area contributed by atoms with E-state index in [0.29, 0.717) is 0 Å². The fraction of sp³-hybridized carbons (Fsp3) is 0. The van der Waals surface area contributed by atoms with Crippen molar-refractivity contribution in [3.8, 4) is 0 Å². The highest BCUT2D eigenvalue weighted by Crippen LogP contribution is 2.30. The van der Waals surface area contributed by atoms with E-state index in [1.54, 1.807) is 11.3 Å². The molecule has 1 heterocycles. The first kappa shape index (κ1) is 7.95. The van der Waals surface area contributed by atoms with Crippen LogP contribution in [-0.4, -0.2) is 6.29 Å². The zero-order chi connectivity index (χ0) is 8.55. The Hall–Kier alpha value is -0.670. The molecule has 1 aromatic carbocycles. The van der Waals surface area contributed by atoms with E-state index in [9.17, 15) is 4.79 Å². The van der Waals surface area contributed by atoms with Crippen LogP contribution in [0.2, 0.25) is 0 Å². The second-order valence-corrected chi connectivity index (χ2v) is 4.19. The van der Waals surface area contributed by atoms with Crippen LogP contribution in [0.5, 0.6) is 0 Å². The van der Waals surface area contributed by atoms with Gasteiger partial charge in [-0.2, -0.15) is 0 Å². The van der Waals surface area contributed by atoms with Crippen molar-refractivity contribution in [1.29, 1.82) is 0 Å². The van der Waals surface area contributed by atoms with E-state index < -0.39 is 0 Å². The van der Waals surface area contributed by atoms with E-state index in [-0.39, 0.29) is 0 Å². The molecule has 1 nitrogen and oxygen atoms in total. The van der Waals surface area contributed by atoms with Gasteiger partial charge in [0.1, 0.15) is 0 Å². The van der Waals surface area contributed by atoms with Gasteiger partial charge >= 0.3 is 0 Å². The summed E-state index contributed by atoms with van der Waals surface area (Å²) in [6.45, 7) is 0. The Morgan fingerprint density at radius 1 is 1.33 bits per heavy atom. The number of hydrogen-bond acceptors (Lipinski definition) is 2. The lowest BCUT2D eigenvalue weighted by Gasteiger charge is -1.95. The molecule has 3 heteroatoms. The van der Waals surface area contributed by atoms with Crippen LogP contribution in [0.3, 0.4) is 0 Å². The summed E-state index contributed by atoms with van der Waals surface area (Å²) in [4.78, 5) is 10.6. The Labute approximate surface area is 82.1 Å². The second kappa shape index (κ2) is 2.99. The van der Waals surface area contributed by atoms with Crippen LogP contribution < -0.4 is 0 Å². The molecule has 0 N–H and O–H groups in total. The first-order valence-electron chi connectivity index (χ1n) is 3.44. The largest absolute Gasteiger partial charge is 0.298 e. The Bertz CT molecular complexity index is 433. The molecular weight excluding hydrogens is 236 g/mol. The number of hydrogen-bond donors (Lipinski definition) is 0. The van der Waals surface area contributed by atoms with Crippen LogP contribution >= 0.6 is 27.3 Å². The number of fused-ring (bicyclic) bond motifs is 1. The Balaban J connectivity index is 2.91. The molecule has 0 saturated carbocycles. The van der Waals surface area contributed by atoms with Gasteiger partial charge in [0.25, 0.3) is 0 Å². The van der Waals surface area contributed by atoms with E-state index in [0.717, 1.165) is 26.4 Å². The molecule has 0 aliphatic heterocycles. The minimum Gasteiger partial charge on any atom is -0.298 e. The predicted molar refractivity (Wildman–Crippen MR) is 54.9 cm³/mol. The third kappa shape index (κ3) is 1.09. The maximum Gasteiger partial charge on any atom is 0.150 e. The van der Waals surface area contributed by atoms with Crippen LogP contribution in [0.15, 0.2) is 28.1 Å². The highest BCUT2D eigenvalue weighted by Gasteiger charge is 2.03. The summed E-state index contributed by atoms with van der Waals surface area (Å²) < 4.78 is 2.19. The van der Waals surface area contributed by atoms with E-state index in [1.165, 1.54) is 0 Å². The van der Waals surface area contributed by atoms with Crippen molar-refractivity contribution in [2.45, 2.75) is 0 Å². The first-order valence-corrected chi connectivity index (χ1v) is 5.11. The van der Waals surface area contributed by atoms with Gasteiger partial charge < -0.3 is 0 Å². The summed E-state index contributed by atoms with van der Waals surface area (Å²) in [5, 5.41) is 3.02. The second-order valence-electron chi connectivity index (χ2n) is 2.42. The molecule has 0 atom stereocenters. The van der Waals surface area contributed by atoms with Gasteiger partial charge in [0.2, 0.25) is 0 Å². The molecule has 0 saturated heterocycles. The summed E-state index contributed by atoms with van der Waals surface area (Å²) in [6.07, 6.45) is 0.890. The summed E-state index contributed by atoms with van der Waals surface area (Å²) in [5.41, 5.74) is 0.759. The molecule has 0 aliphatic carbocycles. The minimum atomic E-state index is 0.759. The van der Waals surface area contributed by atoms with Crippen molar-refractivity contribution in [1.82, 2.24) is 0 Å². The molecule has 0 aliphatic rings. The highest BCUT2D eigenvalue weighted by atomic mass is 79.9. The maximum absolute atomic E-state index is 10.6. The van der Waals surface area contributed by atoms with E-state index in [1.807, 2.05) is 23.6 Å². The number of carbonyl (C=O) groups excluding carboxylic acids is 1. The summed E-state index contributed by atoms with van der Waals surface area (Å²) in [7, 11) is 0. The molecule has 2 aromatic rings. The van der Waals surface area contributed by atoms with Crippen molar-refractivity contribution >= 4 is 43.6 Å². The van der Waals surface area contributed by atoms with E-state index in [4.69, 9.17) is 0 Å². The standard InChI is InChI=1S/C9H5BrOS/c10-8-2-1-6(5-11)7-3-4-12-9(7)8/h1-5H. The molecule has 2 rings (SSSR count). The van der Waals surface area contributed by atoms with Crippen LogP contribution in [-0.2, 0) is 0 Å². The lowest BCUT2D eigenvalue weighted by molar-refractivity contribution is 0.112. The normalized spacial score (nSPS) is 10.4. The molecule has 0 fully saturated rings. The van der Waals surface area contributed by atoms with Gasteiger partial charge in [-0.1, -0.05) is 0 Å². The number of benzene rings is 1. The van der Waals surface area contributed by atoms with Crippen LogP contribution in [0.1, 0.15) is 10.4 Å². The van der Waals surface area contributed by atoms with Crippen LogP contribution in [0.4, 0.5) is 0 Å². The zero-order valence-corrected chi connectivity index (χ0v) is 8.48. The Morgan fingerprint density at radius 2 is 2.17 bits per heavy atom. The fourth-order valence-electron chi connectivity index (χ4n) is 1.15. The molecule has 0 spiro atoms. The van der Waals surface area contributed by atoms with E-state index in [2.05, 4.69) is 15.9 Å². The quantitative estimate of drug-likeness (QED) is 0.698. The van der Waals surface area contributed by atoms with Crippen molar-refractivity contribution < 1.29 is 4.79 Å². The van der Waals surface area contributed by atoms with Gasteiger partial charge in [-0.3, -0.25) is 4.79 Å². The number of thiophene rings is 1. The van der Waals surface area contributed by atoms with Gasteiger partial charge in [-0.15, -0.1) is 11.3 Å². The Kier molecular flexibility index (Phi) is 1.98. The molecule has 0 radical (unpaired) electrons. The SMILES string of the molecule is O=Cc1ccc(Br)c2sccc12. The predicted octanol–water partition coefficient (Wildman–Crippen LogP) is 3.48. The fourth-order valence-corrected chi connectivity index (χ4v) is 2.61. The smallest absolute Gasteiger partial charge is 0.150 e. The van der Waals surface area contributed by atoms with Gasteiger partial charge in [0.05, 0.1) is 0 Å². The monoisotopic (exact) mass is 240 g/mol. The van der Waals surface area contributed by atoms with Gasteiger partial charge in [0.15, 0.2) is 6.29 Å². The molecule has 0 bridgehead atoms. The van der Waals surface area contributed by atoms with Crippen molar-refractivity contribution in [3.05, 3.63) is 33.6 Å². The van der Waals surface area contributed by atoms with Crippen LogP contribution in [0, 0.1) is 0 Å². The van der Waals surface area contributed by atoms with Crippen molar-refractivity contribution in [2.75, 3.05) is 0 Å². The minimum absolute atomic E-state index is 0.759. The molecular formula is C9H5BrOS. The van der Waals surface area contributed by atoms with Crippen molar-refractivity contribution in [2.24, 2.45) is 0 Å². The molecule has 0 unspecified atom stereocenters. The highest BCUT2D eigenvalue weighted by molar-refractivity contribution is 9.10. The zero-order valence-electron chi connectivity index (χ0n) is 6.08. The van der Waals surface area contributed by atoms with Crippen molar-refractivity contribution in [3.63, 3.8) is 0 Å². The topological polar surface area (TPSA) is 17.1 Å². The summed E-state index contributed by atoms with van der Waals surface area (Å²) >= 11 is 5.07. The van der Waals surface area contributed by atoms with Gasteiger partial charge in [-0.25, -0.2) is 0 Å². The number of rotatable bonds is 1. The van der Waals surface area contributed by atoms with Gasteiger partial charge in [0, 0.05) is 20.1 Å². The average Bonchev–Trinajstić information content (AvgIpc) is 2.54. The summed E-state index contributed by atoms with van der Waals surface area (Å²) in [6, 6.07) is 5.70. The Morgan fingerprint density at radius 3 is 2.92 bits per heavy atom. The summed E-state index contributed by atoms with van der Waals surface area (Å²) in [5.74, 6) is 0. The first-order chi connectivity index (χ1) is 5.83. The average molecular weight is 241 g/mol. The lowest BCUT2D eigenvalue weighted by Crippen LogP contribution is -1.79. The number of carbonyl (C=O) groups is 1. The molecule has 1 aromatic heterocycles. The lowest BCUT2D eigenvalue weighted by atomic mass is 10.1. The third-order valence-electron chi connectivity index (χ3n) is 1.73. The third-order valence-corrected chi connectivity index (χ3v) is 3.60.